The minimum atomic E-state index is -2.48. The SMILES string of the molecule is C=CC[C@H]1C(=O)C(C)(C)[C@@H](OC(=O)OCc2ccc(OC(=O)CCCCCCCCCCN3C(=O)C=CC3=O)c([N+](=O)[O-])c2)CC(=O)O[C@H](c2ccc3sc(C)nc3c2)C/C=C(/C)CCC[C@H](C)[C@@H]1O[Si](C)(C)C(C)(C)C. The number of ketones is 1. The van der Waals surface area contributed by atoms with Crippen LogP contribution in [0.2, 0.25) is 18.1 Å². The molecule has 3 aromatic rings. The molecule has 5 rings (SSSR count). The fourth-order valence-electron chi connectivity index (χ4n) is 9.51. The van der Waals surface area contributed by atoms with Gasteiger partial charge in [-0.3, -0.25) is 39.0 Å². The number of carbonyl (C=O) groups excluding carboxylic acids is 6. The van der Waals surface area contributed by atoms with E-state index in [1.54, 1.807) is 31.3 Å². The van der Waals surface area contributed by atoms with E-state index < -0.39 is 79.7 Å². The van der Waals surface area contributed by atoms with Gasteiger partial charge in [0.1, 0.15) is 24.6 Å². The Hall–Kier alpha value is -5.85. The molecule has 0 spiro atoms. The topological polar surface area (TPSA) is 208 Å². The Labute approximate surface area is 459 Å². The van der Waals surface area contributed by atoms with Crippen molar-refractivity contribution in [3.63, 3.8) is 0 Å². The summed E-state index contributed by atoms with van der Waals surface area (Å²) in [4.78, 5) is 97.2. The molecular weight excluding hydrogens is 1020 g/mol. The second-order valence-corrected chi connectivity index (χ2v) is 28.8. The molecule has 0 N–H and O–H groups in total. The zero-order chi connectivity index (χ0) is 56.7. The lowest BCUT2D eigenvalue weighted by atomic mass is 9.71. The van der Waals surface area contributed by atoms with Crippen LogP contribution >= 0.6 is 11.3 Å². The second kappa shape index (κ2) is 28.2. The molecule has 1 aromatic heterocycles. The first-order valence-corrected chi connectivity index (χ1v) is 30.9. The average molecular weight is 1100 g/mol. The van der Waals surface area contributed by atoms with Crippen molar-refractivity contribution in [1.82, 2.24) is 9.88 Å². The van der Waals surface area contributed by atoms with Gasteiger partial charge in [-0.1, -0.05) is 96.1 Å². The van der Waals surface area contributed by atoms with Crippen molar-refractivity contribution in [2.45, 2.75) is 195 Å². The number of hydrogen-bond donors (Lipinski definition) is 0. The highest BCUT2D eigenvalue weighted by molar-refractivity contribution is 7.18. The van der Waals surface area contributed by atoms with E-state index in [1.165, 1.54) is 29.2 Å². The van der Waals surface area contributed by atoms with Crippen LogP contribution in [-0.4, -0.2) is 77.6 Å². The molecule has 2 aliphatic heterocycles. The first-order valence-electron chi connectivity index (χ1n) is 27.2. The molecule has 2 amide bonds. The number of fused-ring (bicyclic) bond motifs is 1. The zero-order valence-corrected chi connectivity index (χ0v) is 48.8. The number of aromatic nitrogens is 1. The van der Waals surface area contributed by atoms with Crippen LogP contribution in [0.25, 0.3) is 10.2 Å². The number of carbonyl (C=O) groups is 6. The summed E-state index contributed by atoms with van der Waals surface area (Å²) in [6.45, 7) is 24.1. The van der Waals surface area contributed by atoms with Gasteiger partial charge < -0.3 is 23.4 Å². The largest absolute Gasteiger partial charge is 0.508 e. The monoisotopic (exact) mass is 1100 g/mol. The maximum absolute atomic E-state index is 15.4. The standard InChI is InChI=1S/C59H81N3O13SSi/c1-12-22-44-55(75-77(10,11)58(5,6)7)40(3)24-21-23-39(2)26-29-47(43-28-31-49-45(36-43)60-41(4)76-49)72-54(66)37-50(59(8,9)56(44)67)74-57(68)71-38-42-27-30-48(46(35-42)62(69)70)73-53(65)25-19-17-15-13-14-16-18-20-34-61-51(63)32-33-52(61)64/h12,26-28,30-33,35-36,40,44,47,50,55H,1,13-25,29,34,37-38H2,2-11H3/b39-26-/t40-,44+,47-,50-,55-/m0/s1. The van der Waals surface area contributed by atoms with Gasteiger partial charge in [-0.05, 0) is 120 Å². The number of imide groups is 1. The molecule has 3 heterocycles. The smallest absolute Gasteiger partial charge is 0.457 e. The summed E-state index contributed by atoms with van der Waals surface area (Å²) in [6, 6.07) is 9.66. The van der Waals surface area contributed by atoms with Crippen LogP contribution in [0.3, 0.4) is 0 Å². The molecule has 0 saturated heterocycles. The molecule has 0 saturated carbocycles. The van der Waals surface area contributed by atoms with Crippen molar-refractivity contribution in [1.29, 1.82) is 0 Å². The number of aryl methyl sites for hydroxylation is 1. The summed E-state index contributed by atoms with van der Waals surface area (Å²) in [6.07, 6.45) is 11.9. The Morgan fingerprint density at radius 2 is 1.64 bits per heavy atom. The fraction of sp³-hybridized carbons (Fsp3) is 0.576. The maximum atomic E-state index is 15.4. The molecule has 0 aliphatic carbocycles. The van der Waals surface area contributed by atoms with Crippen molar-refractivity contribution < 1.29 is 57.1 Å². The summed E-state index contributed by atoms with van der Waals surface area (Å²) < 4.78 is 31.4. The Kier molecular flexibility index (Phi) is 22.7. The third kappa shape index (κ3) is 17.8. The van der Waals surface area contributed by atoms with Crippen LogP contribution in [-0.2, 0) is 49.2 Å². The normalized spacial score (nSPS) is 21.6. The first-order chi connectivity index (χ1) is 36.3. The van der Waals surface area contributed by atoms with Crippen LogP contribution in [0, 0.1) is 34.3 Å². The van der Waals surface area contributed by atoms with Gasteiger partial charge in [0.05, 0.1) is 38.1 Å². The average Bonchev–Trinajstić information content (AvgIpc) is 3.90. The molecule has 2 aliphatic rings. The number of benzene rings is 2. The molecule has 18 heteroatoms. The molecule has 0 fully saturated rings. The molecule has 16 nitrogen and oxygen atoms in total. The van der Waals surface area contributed by atoms with Gasteiger partial charge in [-0.2, -0.15) is 0 Å². The van der Waals surface area contributed by atoms with Gasteiger partial charge in [0.2, 0.25) is 5.75 Å². The number of nitrogens with zero attached hydrogens (tertiary/aromatic N) is 3. The molecule has 0 bridgehead atoms. The lowest BCUT2D eigenvalue weighted by Gasteiger charge is -2.45. The van der Waals surface area contributed by atoms with Gasteiger partial charge in [0.25, 0.3) is 11.8 Å². The van der Waals surface area contributed by atoms with Crippen molar-refractivity contribution in [2.75, 3.05) is 6.54 Å². The van der Waals surface area contributed by atoms with Gasteiger partial charge >= 0.3 is 23.8 Å². The molecule has 420 valence electrons. The number of nitro benzene ring substituents is 1. The second-order valence-electron chi connectivity index (χ2n) is 22.8. The van der Waals surface area contributed by atoms with Crippen LogP contribution in [0.15, 0.2) is 72.9 Å². The number of esters is 2. The van der Waals surface area contributed by atoms with Crippen LogP contribution in [0.5, 0.6) is 5.75 Å². The van der Waals surface area contributed by atoms with Crippen LogP contribution in [0.1, 0.15) is 167 Å². The molecule has 77 heavy (non-hydrogen) atoms. The number of rotatable bonds is 21. The van der Waals surface area contributed by atoms with Gasteiger partial charge in [0.15, 0.2) is 8.32 Å². The summed E-state index contributed by atoms with van der Waals surface area (Å²) >= 11 is 1.57. The number of unbranched alkanes of at least 4 members (excludes halogenated alkanes) is 7. The Morgan fingerprint density at radius 1 is 0.974 bits per heavy atom. The molecule has 0 unspecified atom stereocenters. The number of ether oxygens (including phenoxy) is 4. The molecule has 2 aromatic carbocycles. The van der Waals surface area contributed by atoms with Crippen molar-refractivity contribution in [3.05, 3.63) is 99.1 Å². The predicted molar refractivity (Wildman–Crippen MR) is 300 cm³/mol. The number of allylic oxidation sites excluding steroid dienone is 2. The lowest BCUT2D eigenvalue weighted by Crippen LogP contribution is -2.52. The third-order valence-corrected chi connectivity index (χ3v) is 20.7. The van der Waals surface area contributed by atoms with E-state index in [9.17, 15) is 34.1 Å². The lowest BCUT2D eigenvalue weighted by molar-refractivity contribution is -0.385. The quantitative estimate of drug-likeness (QED) is 0.0142. The summed E-state index contributed by atoms with van der Waals surface area (Å²) in [5.74, 6) is -3.18. The predicted octanol–water partition coefficient (Wildman–Crippen LogP) is 13.9. The minimum Gasteiger partial charge on any atom is -0.457 e. The zero-order valence-electron chi connectivity index (χ0n) is 46.9. The van der Waals surface area contributed by atoms with E-state index in [2.05, 4.69) is 65.4 Å². The van der Waals surface area contributed by atoms with Gasteiger partial charge in [-0.25, -0.2) is 9.78 Å². The number of Topliss-reactive ketones (excluding diaryl/α,β-unsaturated/α-hetero) is 1. The van der Waals surface area contributed by atoms with E-state index in [-0.39, 0.29) is 52.7 Å². The highest BCUT2D eigenvalue weighted by Gasteiger charge is 2.49. The summed E-state index contributed by atoms with van der Waals surface area (Å²) in [5, 5.41) is 13.0. The minimum absolute atomic E-state index is 0.0543. The first kappa shape index (κ1) is 62.0. The van der Waals surface area contributed by atoms with E-state index in [4.69, 9.17) is 23.4 Å². The van der Waals surface area contributed by atoms with Crippen molar-refractivity contribution in [2.24, 2.45) is 17.3 Å². The highest BCUT2D eigenvalue weighted by Crippen LogP contribution is 2.43. The third-order valence-electron chi connectivity index (χ3n) is 15.3. The Balaban J connectivity index is 1.29. The number of amides is 2. The van der Waals surface area contributed by atoms with E-state index >= 15 is 4.79 Å². The van der Waals surface area contributed by atoms with Crippen molar-refractivity contribution >= 4 is 71.2 Å². The van der Waals surface area contributed by atoms with E-state index in [1.807, 2.05) is 25.1 Å². The Morgan fingerprint density at radius 3 is 2.29 bits per heavy atom. The molecular formula is C59H81N3O13SSi. The fourth-order valence-corrected chi connectivity index (χ4v) is 11.7. The number of cyclic esters (lactones) is 1. The van der Waals surface area contributed by atoms with Gasteiger partial charge in [0, 0.05) is 43.5 Å². The summed E-state index contributed by atoms with van der Waals surface area (Å²) in [7, 11) is -2.48. The van der Waals surface area contributed by atoms with Crippen LogP contribution < -0.4 is 4.74 Å². The Bertz CT molecular complexity index is 2650. The molecule has 5 atom stereocenters. The summed E-state index contributed by atoms with van der Waals surface area (Å²) in [5.41, 5.74) is 0.844. The van der Waals surface area contributed by atoms with Gasteiger partial charge in [-0.15, -0.1) is 17.9 Å². The number of thiazole rings is 1. The van der Waals surface area contributed by atoms with Crippen LogP contribution in [0.4, 0.5) is 10.5 Å². The molecule has 0 radical (unpaired) electrons. The highest BCUT2D eigenvalue weighted by atomic mass is 32.1. The number of nitro groups is 1. The number of hydrogen-bond acceptors (Lipinski definition) is 15. The van der Waals surface area contributed by atoms with E-state index in [0.29, 0.717) is 19.4 Å². The van der Waals surface area contributed by atoms with E-state index in [0.717, 1.165) is 96.6 Å². The maximum Gasteiger partial charge on any atom is 0.508 e. The van der Waals surface area contributed by atoms with Crippen molar-refractivity contribution in [3.8, 4) is 5.75 Å².